The SMILES string of the molecule is CC(C)(C)Cc1ncccn1.CC(C)(C)Cn1cccn1.CC(C)(C)Cn1cncn1. The summed E-state index contributed by atoms with van der Waals surface area (Å²) in [7, 11) is 0. The number of hydrogen-bond donors (Lipinski definition) is 0. The monoisotopic (exact) mass is 427 g/mol. The number of aromatic nitrogens is 7. The fraction of sp³-hybridized carbons (Fsp3) is 0.625. The molecule has 3 heterocycles. The van der Waals surface area contributed by atoms with Crippen molar-refractivity contribution in [1.29, 1.82) is 0 Å². The lowest BCUT2D eigenvalue weighted by Crippen LogP contribution is -2.15. The summed E-state index contributed by atoms with van der Waals surface area (Å²) in [6.07, 6.45) is 11.6. The van der Waals surface area contributed by atoms with Crippen LogP contribution < -0.4 is 0 Å². The van der Waals surface area contributed by atoms with E-state index in [0.717, 1.165) is 25.3 Å². The van der Waals surface area contributed by atoms with E-state index in [1.807, 2.05) is 33.9 Å². The third-order valence-corrected chi connectivity index (χ3v) is 3.61. The lowest BCUT2D eigenvalue weighted by Gasteiger charge is -2.17. The van der Waals surface area contributed by atoms with Crippen LogP contribution in [0.1, 0.15) is 68.1 Å². The van der Waals surface area contributed by atoms with E-state index >= 15 is 0 Å². The largest absolute Gasteiger partial charge is 0.272 e. The Morgan fingerprint density at radius 1 is 0.677 bits per heavy atom. The minimum atomic E-state index is 0.279. The van der Waals surface area contributed by atoms with Gasteiger partial charge in [-0.15, -0.1) is 0 Å². The first-order valence-corrected chi connectivity index (χ1v) is 10.8. The maximum Gasteiger partial charge on any atom is 0.137 e. The van der Waals surface area contributed by atoms with Crippen LogP contribution in [0.5, 0.6) is 0 Å². The molecular weight excluding hydrogens is 386 g/mol. The van der Waals surface area contributed by atoms with Crippen LogP contribution in [-0.2, 0) is 19.5 Å². The Morgan fingerprint density at radius 3 is 1.68 bits per heavy atom. The van der Waals surface area contributed by atoms with Crippen molar-refractivity contribution in [1.82, 2.24) is 34.5 Å². The molecule has 3 aromatic heterocycles. The van der Waals surface area contributed by atoms with Gasteiger partial charge in [-0.25, -0.2) is 15.0 Å². The molecular formula is C24H41N7. The van der Waals surface area contributed by atoms with Crippen LogP contribution in [-0.4, -0.2) is 34.5 Å². The van der Waals surface area contributed by atoms with Crippen LogP contribution in [0, 0.1) is 16.2 Å². The molecule has 0 radical (unpaired) electrons. The van der Waals surface area contributed by atoms with Crippen molar-refractivity contribution in [3.63, 3.8) is 0 Å². The molecule has 0 fully saturated rings. The molecule has 0 saturated heterocycles. The topological polar surface area (TPSA) is 74.3 Å². The lowest BCUT2D eigenvalue weighted by atomic mass is 9.92. The average molecular weight is 428 g/mol. The van der Waals surface area contributed by atoms with Gasteiger partial charge in [-0.05, 0) is 28.4 Å². The summed E-state index contributed by atoms with van der Waals surface area (Å²) in [6, 6.07) is 3.79. The summed E-state index contributed by atoms with van der Waals surface area (Å²) in [6.45, 7) is 21.6. The second-order valence-corrected chi connectivity index (χ2v) is 11.3. The minimum Gasteiger partial charge on any atom is -0.272 e. The molecule has 31 heavy (non-hydrogen) atoms. The Bertz CT molecular complexity index is 757. The van der Waals surface area contributed by atoms with Gasteiger partial charge in [0.05, 0.1) is 0 Å². The van der Waals surface area contributed by atoms with E-state index in [0.29, 0.717) is 5.41 Å². The lowest BCUT2D eigenvalue weighted by molar-refractivity contribution is 0.325. The highest BCUT2D eigenvalue weighted by Gasteiger charge is 2.12. The standard InChI is InChI=1S/C9H14N2.C8H14N2.C7H13N3/c1-9(2,3)7-8-10-5-4-6-11-8;1-8(2,3)7-10-6-4-5-9-10;1-7(2,3)4-10-6-8-5-9-10/h4-6H,7H2,1-3H3;4-6H,7H2,1-3H3;5-6H,4H2,1-3H3. The van der Waals surface area contributed by atoms with Gasteiger partial charge in [0, 0.05) is 44.3 Å². The van der Waals surface area contributed by atoms with E-state index in [1.54, 1.807) is 25.0 Å². The first-order chi connectivity index (χ1) is 14.2. The second kappa shape index (κ2) is 11.7. The highest BCUT2D eigenvalue weighted by molar-refractivity contribution is 4.91. The van der Waals surface area contributed by atoms with Crippen LogP contribution in [0.25, 0.3) is 0 Å². The fourth-order valence-electron chi connectivity index (χ4n) is 2.58. The van der Waals surface area contributed by atoms with Crippen LogP contribution in [0.3, 0.4) is 0 Å². The van der Waals surface area contributed by atoms with Crippen LogP contribution in [0.2, 0.25) is 0 Å². The molecule has 172 valence electrons. The van der Waals surface area contributed by atoms with Crippen LogP contribution in [0.15, 0.2) is 49.6 Å². The quantitative estimate of drug-likeness (QED) is 0.565. The van der Waals surface area contributed by atoms with Gasteiger partial charge in [-0.2, -0.15) is 10.2 Å². The van der Waals surface area contributed by atoms with E-state index in [9.17, 15) is 0 Å². The van der Waals surface area contributed by atoms with Gasteiger partial charge in [0.2, 0.25) is 0 Å². The van der Waals surface area contributed by atoms with Gasteiger partial charge >= 0.3 is 0 Å². The Balaban J connectivity index is 0.000000233. The van der Waals surface area contributed by atoms with E-state index in [1.165, 1.54) is 0 Å². The minimum absolute atomic E-state index is 0.279. The van der Waals surface area contributed by atoms with Crippen LogP contribution >= 0.6 is 0 Å². The molecule has 0 unspecified atom stereocenters. The van der Waals surface area contributed by atoms with Gasteiger partial charge in [0.1, 0.15) is 18.5 Å². The summed E-state index contributed by atoms with van der Waals surface area (Å²) >= 11 is 0. The zero-order valence-corrected chi connectivity index (χ0v) is 20.9. The summed E-state index contributed by atoms with van der Waals surface area (Å²) in [4.78, 5) is 12.2. The number of hydrogen-bond acceptors (Lipinski definition) is 5. The van der Waals surface area contributed by atoms with E-state index in [4.69, 9.17) is 0 Å². The van der Waals surface area contributed by atoms with E-state index in [-0.39, 0.29) is 10.8 Å². The Morgan fingerprint density at radius 2 is 1.26 bits per heavy atom. The van der Waals surface area contributed by atoms with Crippen molar-refractivity contribution in [3.8, 4) is 0 Å². The first kappa shape index (κ1) is 26.5. The summed E-state index contributed by atoms with van der Waals surface area (Å²) in [5.41, 5.74) is 0.890. The molecule has 0 aromatic carbocycles. The highest BCUT2D eigenvalue weighted by atomic mass is 15.3. The average Bonchev–Trinajstić information content (AvgIpc) is 3.26. The van der Waals surface area contributed by atoms with Gasteiger partial charge in [-0.3, -0.25) is 9.36 Å². The molecule has 7 heteroatoms. The van der Waals surface area contributed by atoms with Crippen molar-refractivity contribution in [2.24, 2.45) is 16.2 Å². The second-order valence-electron chi connectivity index (χ2n) is 11.3. The van der Waals surface area contributed by atoms with Crippen molar-refractivity contribution >= 4 is 0 Å². The molecule has 0 amide bonds. The maximum absolute atomic E-state index is 4.15. The molecule has 0 aliphatic carbocycles. The zero-order valence-electron chi connectivity index (χ0n) is 20.9. The Hall–Kier alpha value is -2.57. The number of rotatable bonds is 3. The van der Waals surface area contributed by atoms with Crippen molar-refractivity contribution in [3.05, 3.63) is 55.4 Å². The molecule has 0 aliphatic rings. The van der Waals surface area contributed by atoms with Crippen molar-refractivity contribution in [2.45, 2.75) is 81.8 Å². The maximum atomic E-state index is 4.15. The normalized spacial score (nSPS) is 11.8. The molecule has 0 saturated carbocycles. The third-order valence-electron chi connectivity index (χ3n) is 3.61. The predicted molar refractivity (Wildman–Crippen MR) is 126 cm³/mol. The van der Waals surface area contributed by atoms with Gasteiger partial charge < -0.3 is 0 Å². The summed E-state index contributed by atoms with van der Waals surface area (Å²) < 4.78 is 3.81. The summed E-state index contributed by atoms with van der Waals surface area (Å²) in [5, 5.41) is 8.13. The number of nitrogens with zero attached hydrogens (tertiary/aromatic N) is 7. The molecule has 0 atom stereocenters. The molecule has 0 spiro atoms. The first-order valence-electron chi connectivity index (χ1n) is 10.8. The smallest absolute Gasteiger partial charge is 0.137 e. The highest BCUT2D eigenvalue weighted by Crippen LogP contribution is 2.17. The fourth-order valence-corrected chi connectivity index (χ4v) is 2.58. The van der Waals surface area contributed by atoms with E-state index in [2.05, 4.69) is 87.5 Å². The van der Waals surface area contributed by atoms with Gasteiger partial charge in [0.25, 0.3) is 0 Å². The van der Waals surface area contributed by atoms with Crippen molar-refractivity contribution < 1.29 is 0 Å². The van der Waals surface area contributed by atoms with Crippen LogP contribution in [0.4, 0.5) is 0 Å². The van der Waals surface area contributed by atoms with Crippen molar-refractivity contribution in [2.75, 3.05) is 0 Å². The van der Waals surface area contributed by atoms with Gasteiger partial charge in [-0.1, -0.05) is 62.3 Å². The molecule has 7 nitrogen and oxygen atoms in total. The third kappa shape index (κ3) is 15.0. The molecule has 3 aromatic rings. The predicted octanol–water partition coefficient (Wildman–Crippen LogP) is 5.32. The summed E-state index contributed by atoms with van der Waals surface area (Å²) in [5.74, 6) is 0.931. The Labute approximate surface area is 188 Å². The van der Waals surface area contributed by atoms with E-state index < -0.39 is 0 Å². The Kier molecular flexibility index (Phi) is 10.0. The molecule has 3 rings (SSSR count). The molecule has 0 bridgehead atoms. The zero-order chi connectivity index (χ0) is 23.5. The van der Waals surface area contributed by atoms with Gasteiger partial charge in [0.15, 0.2) is 0 Å². The molecule has 0 N–H and O–H groups in total. The molecule has 0 aliphatic heterocycles.